The standard InChI is InChI=1S/C24H36O10/c1-13(6-10-18(26)24(2,3)31)5-7-14-8-9-16(15(11-14)22(30)32-4)33-23-21(29)20(28)19(27)17(12-25)34-23/h5,8-9,11,17-21,23,25-29,31H,6-7,10,12H2,1-4H3/b13-5+/t17-,18+,19-,20+,21-,23-/m1/s1. The molecule has 0 bridgehead atoms. The van der Waals surface area contributed by atoms with Gasteiger partial charge < -0.3 is 44.8 Å². The van der Waals surface area contributed by atoms with Gasteiger partial charge in [-0.25, -0.2) is 4.79 Å². The van der Waals surface area contributed by atoms with Crippen molar-refractivity contribution in [3.63, 3.8) is 0 Å². The van der Waals surface area contributed by atoms with Crippen LogP contribution in [-0.2, 0) is 15.9 Å². The van der Waals surface area contributed by atoms with Crippen LogP contribution in [0.3, 0.4) is 0 Å². The third-order valence-electron chi connectivity index (χ3n) is 5.85. The van der Waals surface area contributed by atoms with Gasteiger partial charge in [0.2, 0.25) is 6.29 Å². The van der Waals surface area contributed by atoms with Crippen molar-refractivity contribution < 1.29 is 49.6 Å². The number of rotatable bonds is 10. The maximum Gasteiger partial charge on any atom is 0.341 e. The van der Waals surface area contributed by atoms with Crippen molar-refractivity contribution in [2.24, 2.45) is 0 Å². The second-order valence-corrected chi connectivity index (χ2v) is 9.10. The first-order chi connectivity index (χ1) is 15.9. The van der Waals surface area contributed by atoms with Gasteiger partial charge in [-0.3, -0.25) is 0 Å². The van der Waals surface area contributed by atoms with Crippen molar-refractivity contribution in [2.75, 3.05) is 13.7 Å². The average molecular weight is 485 g/mol. The molecule has 2 rings (SSSR count). The lowest BCUT2D eigenvalue weighted by Gasteiger charge is -2.39. The Bertz CT molecular complexity index is 845. The van der Waals surface area contributed by atoms with Crippen LogP contribution in [-0.4, -0.2) is 92.7 Å². The minimum atomic E-state index is -1.62. The summed E-state index contributed by atoms with van der Waals surface area (Å²) in [6.45, 7) is 4.42. The summed E-state index contributed by atoms with van der Waals surface area (Å²) in [5, 5.41) is 59.2. The molecule has 1 aliphatic rings. The molecule has 1 fully saturated rings. The van der Waals surface area contributed by atoms with Crippen LogP contribution in [0.2, 0.25) is 0 Å². The molecular formula is C24H36O10. The molecule has 0 aromatic heterocycles. The lowest BCUT2D eigenvalue weighted by Crippen LogP contribution is -2.60. The number of aliphatic hydroxyl groups excluding tert-OH is 5. The van der Waals surface area contributed by atoms with Crippen LogP contribution in [0, 0.1) is 0 Å². The number of carbonyl (C=O) groups excluding carboxylic acids is 1. The van der Waals surface area contributed by atoms with Gasteiger partial charge in [0, 0.05) is 0 Å². The second kappa shape index (κ2) is 12.1. The van der Waals surface area contributed by atoms with E-state index in [1.807, 2.05) is 13.0 Å². The SMILES string of the molecule is COC(=O)c1cc(C/C=C(\C)CC[C@H](O)C(C)(C)O)ccc1O[C@@H]1O[C@H](CO)[C@@H](O)[C@H](O)[C@H]1O. The van der Waals surface area contributed by atoms with Crippen molar-refractivity contribution in [1.29, 1.82) is 0 Å². The van der Waals surface area contributed by atoms with E-state index in [4.69, 9.17) is 14.2 Å². The molecular weight excluding hydrogens is 448 g/mol. The number of allylic oxidation sites excluding steroid dienone is 2. The third kappa shape index (κ3) is 7.22. The Kier molecular flexibility index (Phi) is 10.0. The lowest BCUT2D eigenvalue weighted by molar-refractivity contribution is -0.277. The molecule has 0 radical (unpaired) electrons. The summed E-state index contributed by atoms with van der Waals surface area (Å²) in [5.74, 6) is -0.649. The maximum atomic E-state index is 12.4. The monoisotopic (exact) mass is 484 g/mol. The third-order valence-corrected chi connectivity index (χ3v) is 5.85. The topological polar surface area (TPSA) is 166 Å². The molecule has 10 heteroatoms. The minimum absolute atomic E-state index is 0.0360. The fourth-order valence-electron chi connectivity index (χ4n) is 3.48. The van der Waals surface area contributed by atoms with E-state index in [-0.39, 0.29) is 11.3 Å². The first-order valence-electron chi connectivity index (χ1n) is 11.1. The molecule has 0 saturated carbocycles. The zero-order chi connectivity index (χ0) is 25.6. The predicted octanol–water partition coefficient (Wildman–Crippen LogP) is 0.0527. The highest BCUT2D eigenvalue weighted by molar-refractivity contribution is 5.92. The number of ether oxygens (including phenoxy) is 3. The Morgan fingerprint density at radius 2 is 1.88 bits per heavy atom. The Labute approximate surface area is 199 Å². The number of esters is 1. The molecule has 1 aliphatic heterocycles. The molecule has 1 saturated heterocycles. The van der Waals surface area contributed by atoms with Gasteiger partial charge in [-0.2, -0.15) is 0 Å². The molecule has 0 amide bonds. The van der Waals surface area contributed by atoms with Crippen molar-refractivity contribution in [1.82, 2.24) is 0 Å². The number of carbonyl (C=O) groups is 1. The largest absolute Gasteiger partial charge is 0.465 e. The highest BCUT2D eigenvalue weighted by Gasteiger charge is 2.45. The Balaban J connectivity index is 2.15. The van der Waals surface area contributed by atoms with E-state index in [0.29, 0.717) is 19.3 Å². The highest BCUT2D eigenvalue weighted by atomic mass is 16.7. The first kappa shape index (κ1) is 28.2. The van der Waals surface area contributed by atoms with E-state index in [1.54, 1.807) is 26.0 Å². The van der Waals surface area contributed by atoms with E-state index in [0.717, 1.165) is 11.1 Å². The smallest absolute Gasteiger partial charge is 0.341 e. The predicted molar refractivity (Wildman–Crippen MR) is 121 cm³/mol. The normalized spacial score (nSPS) is 26.8. The highest BCUT2D eigenvalue weighted by Crippen LogP contribution is 2.28. The van der Waals surface area contributed by atoms with Gasteiger partial charge in [0.15, 0.2) is 0 Å². The van der Waals surface area contributed by atoms with Crippen molar-refractivity contribution in [3.8, 4) is 5.75 Å². The zero-order valence-corrected chi connectivity index (χ0v) is 19.9. The van der Waals surface area contributed by atoms with E-state index in [9.17, 15) is 35.4 Å². The molecule has 6 N–H and O–H groups in total. The van der Waals surface area contributed by atoms with Crippen LogP contribution >= 0.6 is 0 Å². The Hall–Kier alpha value is -2.05. The van der Waals surface area contributed by atoms with Crippen LogP contribution in [0.15, 0.2) is 29.8 Å². The number of aliphatic hydroxyl groups is 6. The van der Waals surface area contributed by atoms with Crippen LogP contribution < -0.4 is 4.74 Å². The van der Waals surface area contributed by atoms with Gasteiger partial charge in [0.25, 0.3) is 0 Å². The van der Waals surface area contributed by atoms with Crippen molar-refractivity contribution >= 4 is 5.97 Å². The summed E-state index contributed by atoms with van der Waals surface area (Å²) < 4.78 is 15.8. The molecule has 0 unspecified atom stereocenters. The van der Waals surface area contributed by atoms with Gasteiger partial charge in [-0.05, 0) is 57.7 Å². The summed E-state index contributed by atoms with van der Waals surface area (Å²) in [5.41, 5.74) is 0.668. The number of methoxy groups -OCH3 is 1. The molecule has 6 atom stereocenters. The average Bonchev–Trinajstić information content (AvgIpc) is 2.80. The fraction of sp³-hybridized carbons (Fsp3) is 0.625. The lowest BCUT2D eigenvalue weighted by atomic mass is 9.95. The van der Waals surface area contributed by atoms with E-state index in [1.165, 1.54) is 13.2 Å². The van der Waals surface area contributed by atoms with Crippen molar-refractivity contribution in [2.45, 2.75) is 82.4 Å². The van der Waals surface area contributed by atoms with E-state index < -0.39 is 55.0 Å². The summed E-state index contributed by atoms with van der Waals surface area (Å²) in [6, 6.07) is 4.78. The van der Waals surface area contributed by atoms with Crippen molar-refractivity contribution in [3.05, 3.63) is 41.0 Å². The molecule has 10 nitrogen and oxygen atoms in total. The van der Waals surface area contributed by atoms with E-state index in [2.05, 4.69) is 0 Å². The van der Waals surface area contributed by atoms with Crippen LogP contribution in [0.25, 0.3) is 0 Å². The molecule has 0 spiro atoms. The summed E-state index contributed by atoms with van der Waals surface area (Å²) >= 11 is 0. The molecule has 1 aromatic carbocycles. The van der Waals surface area contributed by atoms with Crippen LogP contribution in [0.4, 0.5) is 0 Å². The molecule has 1 heterocycles. The molecule has 192 valence electrons. The number of hydrogen-bond acceptors (Lipinski definition) is 10. The minimum Gasteiger partial charge on any atom is -0.465 e. The first-order valence-corrected chi connectivity index (χ1v) is 11.1. The van der Waals surface area contributed by atoms with Gasteiger partial charge in [0.1, 0.15) is 35.7 Å². The fourth-order valence-corrected chi connectivity index (χ4v) is 3.48. The summed E-state index contributed by atoms with van der Waals surface area (Å²) in [4.78, 5) is 12.4. The quantitative estimate of drug-likeness (QED) is 0.197. The maximum absolute atomic E-state index is 12.4. The summed E-state index contributed by atoms with van der Waals surface area (Å²) in [7, 11) is 1.21. The zero-order valence-electron chi connectivity index (χ0n) is 19.9. The van der Waals surface area contributed by atoms with E-state index >= 15 is 0 Å². The molecule has 0 aliphatic carbocycles. The number of hydrogen-bond donors (Lipinski definition) is 6. The van der Waals surface area contributed by atoms with Gasteiger partial charge in [-0.15, -0.1) is 0 Å². The van der Waals surface area contributed by atoms with Gasteiger partial charge >= 0.3 is 5.97 Å². The molecule has 34 heavy (non-hydrogen) atoms. The Morgan fingerprint density at radius 1 is 1.21 bits per heavy atom. The summed E-state index contributed by atoms with van der Waals surface area (Å²) in [6.07, 6.45) is -4.75. The van der Waals surface area contributed by atoms with Gasteiger partial charge in [-0.1, -0.05) is 17.7 Å². The molecule has 1 aromatic rings. The Morgan fingerprint density at radius 3 is 2.47 bits per heavy atom. The second-order valence-electron chi connectivity index (χ2n) is 9.10. The van der Waals surface area contributed by atoms with Gasteiger partial charge in [0.05, 0.1) is 25.4 Å². The number of benzene rings is 1. The van der Waals surface area contributed by atoms with Crippen LogP contribution in [0.5, 0.6) is 5.75 Å². The van der Waals surface area contributed by atoms with Crippen LogP contribution in [0.1, 0.15) is 49.5 Å².